The second-order valence-electron chi connectivity index (χ2n) is 7.16. The number of nitrogens with zero attached hydrogens (tertiary/aromatic N) is 3. The molecular weight excluding hydrogens is 382 g/mol. The molecule has 0 bridgehead atoms. The quantitative estimate of drug-likeness (QED) is 0.611. The second kappa shape index (κ2) is 7.44. The Bertz CT molecular complexity index is 1070. The number of urea groups is 1. The number of hydrogen-bond donors (Lipinski definition) is 2. The van der Waals surface area contributed by atoms with Crippen molar-refractivity contribution in [2.75, 3.05) is 11.9 Å². The smallest absolute Gasteiger partial charge is 0.318 e. The average Bonchev–Trinajstić information content (AvgIpc) is 3.23. The van der Waals surface area contributed by atoms with Gasteiger partial charge in [-0.05, 0) is 35.6 Å². The molecule has 29 heavy (non-hydrogen) atoms. The molecule has 0 saturated heterocycles. The van der Waals surface area contributed by atoms with Gasteiger partial charge in [-0.25, -0.2) is 9.79 Å². The number of thiophene rings is 1. The highest BCUT2D eigenvalue weighted by molar-refractivity contribution is 7.14. The van der Waals surface area contributed by atoms with Crippen LogP contribution in [0.5, 0.6) is 0 Å². The molecule has 0 spiro atoms. The summed E-state index contributed by atoms with van der Waals surface area (Å²) < 4.78 is -0.108. The molecule has 2 amide bonds. The van der Waals surface area contributed by atoms with Crippen LogP contribution >= 0.6 is 11.3 Å². The van der Waals surface area contributed by atoms with Crippen LogP contribution in [-0.2, 0) is 6.42 Å². The minimum Gasteiger partial charge on any atom is -0.318 e. The average molecular weight is 407 g/mol. The molecule has 2 unspecified atom stereocenters. The van der Waals surface area contributed by atoms with Crippen molar-refractivity contribution in [2.24, 2.45) is 16.5 Å². The number of primary amides is 1. The summed E-state index contributed by atoms with van der Waals surface area (Å²) in [6.07, 6.45) is 2.35. The number of carbonyl (C=O) groups excluding carboxylic acids is 1. The van der Waals surface area contributed by atoms with Crippen LogP contribution in [0.2, 0.25) is 0 Å². The number of hydrogen-bond acceptors (Lipinski definition) is 5. The van der Waals surface area contributed by atoms with Crippen molar-refractivity contribution in [2.45, 2.75) is 19.5 Å². The molecule has 0 fully saturated rings. The molecular formula is C22H24N5OS+. The largest absolute Gasteiger partial charge is 0.424 e. The summed E-state index contributed by atoms with van der Waals surface area (Å²) in [4.78, 5) is 18.9. The number of aryl methyl sites for hydroxylation is 1. The van der Waals surface area contributed by atoms with Gasteiger partial charge in [0.15, 0.2) is 0 Å². The third-order valence-electron chi connectivity index (χ3n) is 5.53. The number of quaternary nitrogens is 1. The summed E-state index contributed by atoms with van der Waals surface area (Å²) in [6, 6.07) is 17.3. The molecule has 4 rings (SSSR count). The van der Waals surface area contributed by atoms with Crippen molar-refractivity contribution in [1.29, 1.82) is 0 Å². The van der Waals surface area contributed by atoms with Crippen molar-refractivity contribution in [3.05, 3.63) is 71.1 Å². The lowest BCUT2D eigenvalue weighted by Gasteiger charge is -2.31. The maximum atomic E-state index is 12.5. The molecule has 3 aromatic rings. The number of aliphatic imine (C=N–C) groups is 1. The molecule has 2 aromatic carbocycles. The SMILES string of the molecule is CCc1cccc([N+](C)(C(N)=O)c2ccc(N3C=Nc4sccc4C3N)cc2)c1. The van der Waals surface area contributed by atoms with E-state index < -0.39 is 6.03 Å². The highest BCUT2D eigenvalue weighted by Gasteiger charge is 2.36. The van der Waals surface area contributed by atoms with E-state index in [0.29, 0.717) is 0 Å². The van der Waals surface area contributed by atoms with E-state index in [1.165, 1.54) is 0 Å². The van der Waals surface area contributed by atoms with E-state index in [1.54, 1.807) is 17.7 Å². The molecule has 1 aliphatic rings. The monoisotopic (exact) mass is 406 g/mol. The minimum absolute atomic E-state index is 0.108. The van der Waals surface area contributed by atoms with Gasteiger partial charge in [0.05, 0.1) is 13.4 Å². The number of nitrogens with two attached hydrogens (primary N) is 2. The van der Waals surface area contributed by atoms with Crippen molar-refractivity contribution < 1.29 is 4.79 Å². The van der Waals surface area contributed by atoms with Crippen LogP contribution in [0.3, 0.4) is 0 Å². The van der Waals surface area contributed by atoms with Gasteiger partial charge < -0.3 is 16.4 Å². The van der Waals surface area contributed by atoms with Gasteiger partial charge in [0.1, 0.15) is 22.5 Å². The lowest BCUT2D eigenvalue weighted by Crippen LogP contribution is -2.49. The molecule has 0 radical (unpaired) electrons. The number of amides is 2. The summed E-state index contributed by atoms with van der Waals surface area (Å²) in [5.41, 5.74) is 17.0. The molecule has 0 saturated carbocycles. The van der Waals surface area contributed by atoms with Crippen molar-refractivity contribution in [1.82, 2.24) is 4.48 Å². The van der Waals surface area contributed by atoms with E-state index in [1.807, 2.05) is 71.9 Å². The first-order valence-corrected chi connectivity index (χ1v) is 10.3. The van der Waals surface area contributed by atoms with E-state index in [-0.39, 0.29) is 10.6 Å². The summed E-state index contributed by atoms with van der Waals surface area (Å²) >= 11 is 1.58. The molecule has 2 heterocycles. The number of benzene rings is 2. The minimum atomic E-state index is -0.440. The molecule has 7 heteroatoms. The molecule has 0 aliphatic carbocycles. The molecule has 2 atom stereocenters. The predicted molar refractivity (Wildman–Crippen MR) is 121 cm³/mol. The zero-order chi connectivity index (χ0) is 20.6. The van der Waals surface area contributed by atoms with Gasteiger partial charge in [0, 0.05) is 35.5 Å². The van der Waals surface area contributed by atoms with E-state index in [2.05, 4.69) is 11.9 Å². The van der Waals surface area contributed by atoms with E-state index in [9.17, 15) is 4.79 Å². The Balaban J connectivity index is 1.69. The van der Waals surface area contributed by atoms with Crippen molar-refractivity contribution in [3.8, 4) is 0 Å². The van der Waals surface area contributed by atoms with Crippen molar-refractivity contribution >= 4 is 45.8 Å². The van der Waals surface area contributed by atoms with Crippen LogP contribution < -0.4 is 20.9 Å². The molecule has 148 valence electrons. The first-order chi connectivity index (χ1) is 13.9. The number of rotatable bonds is 4. The lowest BCUT2D eigenvalue weighted by molar-refractivity contribution is 0.232. The van der Waals surface area contributed by atoms with Crippen LogP contribution in [0.4, 0.5) is 26.9 Å². The maximum Gasteiger partial charge on any atom is 0.424 e. The Morgan fingerprint density at radius 1 is 1.17 bits per heavy atom. The molecule has 6 nitrogen and oxygen atoms in total. The van der Waals surface area contributed by atoms with Crippen LogP contribution in [0, 0.1) is 0 Å². The molecule has 1 aliphatic heterocycles. The standard InChI is InChI=1S/C22H23N5OS/c1-3-15-5-4-6-18(13-15)27(2,22(24)28)17-9-7-16(8-10-17)26-14-25-21-19(20(26)23)11-12-29-21/h4-14,20H,3,23H2,1-2H3,(H-,24,28)/p+1. The fraction of sp³-hybridized carbons (Fsp3) is 0.182. The highest BCUT2D eigenvalue weighted by Crippen LogP contribution is 2.38. The highest BCUT2D eigenvalue weighted by atomic mass is 32.1. The van der Waals surface area contributed by atoms with Crippen LogP contribution in [0.25, 0.3) is 0 Å². The summed E-state index contributed by atoms with van der Waals surface area (Å²) in [6.45, 7) is 2.09. The molecule has 1 aromatic heterocycles. The summed E-state index contributed by atoms with van der Waals surface area (Å²) in [7, 11) is 1.82. The molecule has 4 N–H and O–H groups in total. The van der Waals surface area contributed by atoms with Crippen LogP contribution in [0.1, 0.15) is 24.2 Å². The second-order valence-corrected chi connectivity index (χ2v) is 8.06. The Morgan fingerprint density at radius 2 is 1.93 bits per heavy atom. The topological polar surface area (TPSA) is 84.7 Å². The Morgan fingerprint density at radius 3 is 2.62 bits per heavy atom. The van der Waals surface area contributed by atoms with Gasteiger partial charge in [-0.15, -0.1) is 11.3 Å². The zero-order valence-corrected chi connectivity index (χ0v) is 17.3. The van der Waals surface area contributed by atoms with Gasteiger partial charge in [0.2, 0.25) is 0 Å². The zero-order valence-electron chi connectivity index (χ0n) is 16.4. The van der Waals surface area contributed by atoms with Gasteiger partial charge in [-0.2, -0.15) is 4.48 Å². The fourth-order valence-corrected chi connectivity index (χ4v) is 4.36. The van der Waals surface area contributed by atoms with Gasteiger partial charge >= 0.3 is 6.03 Å². The normalized spacial score (nSPS) is 17.6. The van der Waals surface area contributed by atoms with Gasteiger partial charge in [-0.1, -0.05) is 19.1 Å². The fourth-order valence-electron chi connectivity index (χ4n) is 3.59. The number of anilines is 1. The predicted octanol–water partition coefficient (Wildman–Crippen LogP) is 4.80. The van der Waals surface area contributed by atoms with Crippen molar-refractivity contribution in [3.63, 3.8) is 0 Å². The third kappa shape index (κ3) is 3.23. The Labute approximate surface area is 174 Å². The van der Waals surface area contributed by atoms with E-state index >= 15 is 0 Å². The Hall–Kier alpha value is -3.00. The Kier molecular flexibility index (Phi) is 4.96. The van der Waals surface area contributed by atoms with Crippen LogP contribution in [-0.4, -0.2) is 19.4 Å². The first-order valence-electron chi connectivity index (χ1n) is 9.47. The van der Waals surface area contributed by atoms with Gasteiger partial charge in [0.25, 0.3) is 0 Å². The number of fused-ring (bicyclic) bond motifs is 1. The van der Waals surface area contributed by atoms with Crippen LogP contribution in [0.15, 0.2) is 65.0 Å². The van der Waals surface area contributed by atoms with E-state index in [4.69, 9.17) is 11.5 Å². The first kappa shape index (κ1) is 19.3. The number of carbonyl (C=O) groups is 1. The van der Waals surface area contributed by atoms with E-state index in [0.717, 1.165) is 39.6 Å². The summed E-state index contributed by atoms with van der Waals surface area (Å²) in [5.74, 6) is 0. The van der Waals surface area contributed by atoms with Gasteiger partial charge in [-0.3, -0.25) is 0 Å². The third-order valence-corrected chi connectivity index (χ3v) is 6.37. The summed E-state index contributed by atoms with van der Waals surface area (Å²) in [5, 5.41) is 2.94. The lowest BCUT2D eigenvalue weighted by atomic mass is 10.1. The maximum absolute atomic E-state index is 12.5.